The van der Waals surface area contributed by atoms with E-state index in [0.29, 0.717) is 37.9 Å². The van der Waals surface area contributed by atoms with Gasteiger partial charge in [-0.3, -0.25) is 9.69 Å². The molecule has 3 heterocycles. The van der Waals surface area contributed by atoms with E-state index in [1.807, 2.05) is 4.90 Å². The van der Waals surface area contributed by atoms with Gasteiger partial charge in [0, 0.05) is 45.0 Å². The fraction of sp³-hybridized carbons (Fsp3) is 0.692. The number of nitrogens with zero attached hydrogens (tertiary/aromatic N) is 3. The molecule has 3 saturated heterocycles. The van der Waals surface area contributed by atoms with E-state index < -0.39 is 47.7 Å². The number of alkyl halides is 9. The summed E-state index contributed by atoms with van der Waals surface area (Å²) in [6.07, 6.45) is -20.7. The van der Waals surface area contributed by atoms with Gasteiger partial charge in [0.05, 0.1) is 11.0 Å². The van der Waals surface area contributed by atoms with E-state index in [9.17, 15) is 54.2 Å². The highest BCUT2D eigenvalue weighted by molar-refractivity contribution is 5.76. The van der Waals surface area contributed by atoms with Gasteiger partial charge in [-0.2, -0.15) is 39.5 Å². The minimum atomic E-state index is -5.81. The maximum absolute atomic E-state index is 13.5. The molecule has 0 bridgehead atoms. The molecule has 0 radical (unpaired) electrons. The number of piperidine rings is 1. The first kappa shape index (κ1) is 32.0. The zero-order valence-electron chi connectivity index (χ0n) is 22.5. The molecule has 3 fully saturated rings. The van der Waals surface area contributed by atoms with Gasteiger partial charge >= 0.3 is 30.6 Å². The molecule has 1 unspecified atom stereocenters. The van der Waals surface area contributed by atoms with Crippen LogP contribution in [0.4, 0.5) is 50.0 Å². The van der Waals surface area contributed by atoms with Crippen LogP contribution < -0.4 is 4.90 Å². The number of carboxylic acids is 1. The maximum Gasteiger partial charge on any atom is 0.434 e. The summed E-state index contributed by atoms with van der Waals surface area (Å²) in [6, 6.07) is 3.36. The molecule has 1 spiro atoms. The van der Waals surface area contributed by atoms with Crippen LogP contribution in [0.25, 0.3) is 0 Å². The van der Waals surface area contributed by atoms with Crippen molar-refractivity contribution in [1.29, 1.82) is 0 Å². The fourth-order valence-corrected chi connectivity index (χ4v) is 5.98. The van der Waals surface area contributed by atoms with Gasteiger partial charge in [0.25, 0.3) is 6.10 Å². The van der Waals surface area contributed by atoms with Crippen LogP contribution in [0, 0.1) is 10.8 Å². The molecule has 0 aliphatic carbocycles. The predicted octanol–water partition coefficient (Wildman–Crippen LogP) is 5.92. The van der Waals surface area contributed by atoms with Crippen LogP contribution in [0.2, 0.25) is 0 Å². The number of anilines is 1. The lowest BCUT2D eigenvalue weighted by atomic mass is 9.78. The van der Waals surface area contributed by atoms with E-state index in [4.69, 9.17) is 0 Å². The Morgan fingerprint density at radius 3 is 2.02 bits per heavy atom. The molecule has 42 heavy (non-hydrogen) atoms. The highest BCUT2D eigenvalue weighted by Crippen LogP contribution is 2.44. The average molecular weight is 620 g/mol. The molecule has 7 nitrogen and oxygen atoms in total. The number of carbonyl (C=O) groups excluding carboxylic acids is 1. The Morgan fingerprint density at radius 1 is 0.905 bits per heavy atom. The lowest BCUT2D eigenvalue weighted by molar-refractivity contribution is -0.308. The summed E-state index contributed by atoms with van der Waals surface area (Å²) in [5.41, 5.74) is -1.50. The van der Waals surface area contributed by atoms with Crippen LogP contribution in [0.5, 0.6) is 0 Å². The Hall–Kier alpha value is -2.91. The normalized spacial score (nSPS) is 23.7. The largest absolute Gasteiger partial charge is 0.481 e. The van der Waals surface area contributed by atoms with Crippen LogP contribution in [-0.4, -0.2) is 84.7 Å². The van der Waals surface area contributed by atoms with Gasteiger partial charge in [-0.05, 0) is 62.3 Å². The van der Waals surface area contributed by atoms with Crippen LogP contribution in [0.1, 0.15) is 43.7 Å². The second-order valence-corrected chi connectivity index (χ2v) is 11.7. The minimum Gasteiger partial charge on any atom is -0.481 e. The van der Waals surface area contributed by atoms with Gasteiger partial charge in [-0.25, -0.2) is 4.79 Å². The van der Waals surface area contributed by atoms with Gasteiger partial charge < -0.3 is 19.6 Å². The van der Waals surface area contributed by atoms with E-state index in [-0.39, 0.29) is 50.2 Å². The van der Waals surface area contributed by atoms with Crippen LogP contribution in [-0.2, 0) is 22.3 Å². The second-order valence-electron chi connectivity index (χ2n) is 11.7. The lowest BCUT2D eigenvalue weighted by Crippen LogP contribution is -2.50. The third-order valence-electron chi connectivity index (χ3n) is 8.55. The number of hydrogen-bond acceptors (Lipinski definition) is 5. The summed E-state index contributed by atoms with van der Waals surface area (Å²) in [6.45, 7) is 2.86. The summed E-state index contributed by atoms with van der Waals surface area (Å²) in [5, 5.41) is 9.58. The first-order valence-corrected chi connectivity index (χ1v) is 13.2. The molecule has 236 valence electrons. The Morgan fingerprint density at radius 2 is 1.50 bits per heavy atom. The molecule has 16 heteroatoms. The summed E-state index contributed by atoms with van der Waals surface area (Å²) in [5.74, 6) is -1.04. The second kappa shape index (κ2) is 11.0. The number of ether oxygens (including phenoxy) is 1. The lowest BCUT2D eigenvalue weighted by Gasteiger charge is -2.39. The van der Waals surface area contributed by atoms with Crippen molar-refractivity contribution >= 4 is 17.7 Å². The van der Waals surface area contributed by atoms with Crippen molar-refractivity contribution in [2.45, 2.75) is 63.8 Å². The van der Waals surface area contributed by atoms with E-state index in [2.05, 4.69) is 4.74 Å². The quantitative estimate of drug-likeness (QED) is 0.413. The standard InChI is InChI=1S/C26H30F9N3O4/c1-22(20(39)40)4-9-38(14-22)18-12-17(24(27,28)29)3-2-16(18)13-36-8-5-23(15-36)6-10-37(11-7-23)21(41)42-19(25(30,31)32)26(33,34)35/h2-3,12,19H,4-11,13-15H2,1H3,(H,39,40). The number of aliphatic carboxylic acids is 1. The third kappa shape index (κ3) is 6.83. The van der Waals surface area contributed by atoms with Crippen molar-refractivity contribution in [3.8, 4) is 0 Å². The minimum absolute atomic E-state index is 0.0377. The van der Waals surface area contributed by atoms with E-state index in [1.54, 1.807) is 11.8 Å². The molecule has 3 aliphatic rings. The van der Waals surface area contributed by atoms with Crippen molar-refractivity contribution in [2.24, 2.45) is 10.8 Å². The van der Waals surface area contributed by atoms with Crippen molar-refractivity contribution in [1.82, 2.24) is 9.80 Å². The number of amides is 1. The molecular formula is C26H30F9N3O4. The molecule has 1 amide bonds. The molecule has 0 aromatic heterocycles. The highest BCUT2D eigenvalue weighted by atomic mass is 19.4. The Kier molecular flexibility index (Phi) is 8.37. The van der Waals surface area contributed by atoms with Gasteiger partial charge in [-0.15, -0.1) is 0 Å². The molecule has 1 aromatic carbocycles. The first-order chi connectivity index (χ1) is 19.2. The monoisotopic (exact) mass is 619 g/mol. The topological polar surface area (TPSA) is 73.3 Å². The zero-order valence-corrected chi connectivity index (χ0v) is 22.5. The van der Waals surface area contributed by atoms with Crippen molar-refractivity contribution < 1.29 is 58.9 Å². The number of likely N-dealkylation sites (tertiary alicyclic amines) is 2. The number of benzene rings is 1. The molecule has 4 rings (SSSR count). The summed E-state index contributed by atoms with van der Waals surface area (Å²) < 4.78 is 121. The van der Waals surface area contributed by atoms with Crippen LogP contribution >= 0.6 is 0 Å². The predicted molar refractivity (Wildman–Crippen MR) is 130 cm³/mol. The zero-order chi connectivity index (χ0) is 31.3. The Labute approximate surface area is 235 Å². The Balaban J connectivity index is 1.42. The molecule has 0 saturated carbocycles. The van der Waals surface area contributed by atoms with Crippen LogP contribution in [0.15, 0.2) is 18.2 Å². The summed E-state index contributed by atoms with van der Waals surface area (Å²) in [4.78, 5) is 28.3. The molecular weight excluding hydrogens is 589 g/mol. The van der Waals surface area contributed by atoms with Crippen molar-refractivity contribution in [3.63, 3.8) is 0 Å². The average Bonchev–Trinajstić information content (AvgIpc) is 3.45. The third-order valence-corrected chi connectivity index (χ3v) is 8.55. The molecule has 1 N–H and O–H groups in total. The van der Waals surface area contributed by atoms with Gasteiger partial charge in [0.1, 0.15) is 0 Å². The van der Waals surface area contributed by atoms with E-state index in [1.165, 1.54) is 6.07 Å². The molecule has 3 aliphatic heterocycles. The number of halogens is 9. The van der Waals surface area contributed by atoms with Gasteiger partial charge in [0.2, 0.25) is 0 Å². The number of carboxylic acid groups (broad SMARTS) is 1. The number of hydrogen-bond donors (Lipinski definition) is 1. The fourth-order valence-electron chi connectivity index (χ4n) is 5.98. The number of rotatable bonds is 5. The SMILES string of the molecule is CC1(C(=O)O)CCN(c2cc(C(F)(F)F)ccc2CN2CCC3(CCN(C(=O)OC(C(F)(F)F)C(F)(F)F)CC3)C2)C1. The molecule has 1 aromatic rings. The van der Waals surface area contributed by atoms with Crippen molar-refractivity contribution in [2.75, 3.05) is 44.2 Å². The van der Waals surface area contributed by atoms with E-state index in [0.717, 1.165) is 17.0 Å². The van der Waals surface area contributed by atoms with E-state index >= 15 is 0 Å². The Bertz CT molecular complexity index is 1170. The molecule has 1 atom stereocenters. The smallest absolute Gasteiger partial charge is 0.434 e. The maximum atomic E-state index is 13.5. The number of carbonyl (C=O) groups is 2. The van der Waals surface area contributed by atoms with Crippen molar-refractivity contribution in [3.05, 3.63) is 29.3 Å². The van der Waals surface area contributed by atoms with Gasteiger partial charge in [-0.1, -0.05) is 6.07 Å². The summed E-state index contributed by atoms with van der Waals surface area (Å²) in [7, 11) is 0. The van der Waals surface area contributed by atoms with Gasteiger partial charge in [0.15, 0.2) is 0 Å². The highest BCUT2D eigenvalue weighted by Gasteiger charge is 2.60. The van der Waals surface area contributed by atoms with Crippen LogP contribution in [0.3, 0.4) is 0 Å². The summed E-state index contributed by atoms with van der Waals surface area (Å²) >= 11 is 0. The first-order valence-electron chi connectivity index (χ1n) is 13.2.